The Balaban J connectivity index is 3.23. The van der Waals surface area contributed by atoms with E-state index in [1.807, 2.05) is 0 Å². The minimum Gasteiger partial charge on any atom is -0.399 e. The number of amides is 1. The van der Waals surface area contributed by atoms with E-state index < -0.39 is 37.5 Å². The van der Waals surface area contributed by atoms with Crippen molar-refractivity contribution < 1.29 is 18.1 Å². The number of hydrogen-bond donors (Lipinski definition) is 3. The van der Waals surface area contributed by atoms with Crippen LogP contribution in [-0.2, 0) is 14.8 Å². The largest absolute Gasteiger partial charge is 0.399 e. The molecule has 1 rings (SSSR count). The first-order valence-corrected chi connectivity index (χ1v) is 6.95. The van der Waals surface area contributed by atoms with Crippen LogP contribution in [0.3, 0.4) is 0 Å². The number of rotatable bonds is 5. The molecule has 1 aromatic rings. The molecule has 0 fully saturated rings. The second kappa shape index (κ2) is 5.84. The number of carbonyl (C=O) groups is 1. The third-order valence-corrected chi connectivity index (χ3v) is 4.03. The second-order valence-corrected chi connectivity index (χ2v) is 5.62. The molecule has 20 heavy (non-hydrogen) atoms. The van der Waals surface area contributed by atoms with Crippen LogP contribution in [0.4, 0.5) is 11.4 Å². The van der Waals surface area contributed by atoms with Crippen molar-refractivity contribution in [2.75, 3.05) is 12.8 Å². The van der Waals surface area contributed by atoms with Gasteiger partial charge in [-0.2, -0.15) is 4.72 Å². The van der Waals surface area contributed by atoms with E-state index >= 15 is 0 Å². The quantitative estimate of drug-likeness (QED) is 0.383. The first-order valence-electron chi connectivity index (χ1n) is 5.47. The van der Waals surface area contributed by atoms with E-state index in [4.69, 9.17) is 5.73 Å². The highest BCUT2D eigenvalue weighted by Gasteiger charge is 2.28. The van der Waals surface area contributed by atoms with Crippen molar-refractivity contribution >= 4 is 27.3 Å². The van der Waals surface area contributed by atoms with Crippen LogP contribution in [0, 0.1) is 10.1 Å². The Kier molecular flexibility index (Phi) is 4.63. The highest BCUT2D eigenvalue weighted by Crippen LogP contribution is 2.25. The number of hydrogen-bond acceptors (Lipinski definition) is 6. The van der Waals surface area contributed by atoms with Gasteiger partial charge >= 0.3 is 0 Å². The van der Waals surface area contributed by atoms with Gasteiger partial charge in [0.2, 0.25) is 15.9 Å². The van der Waals surface area contributed by atoms with Gasteiger partial charge in [-0.3, -0.25) is 14.9 Å². The fraction of sp³-hybridized carbons (Fsp3) is 0.300. The summed E-state index contributed by atoms with van der Waals surface area (Å²) in [5.74, 6) is -0.563. The molecule has 0 aliphatic heterocycles. The average Bonchev–Trinajstić information content (AvgIpc) is 2.36. The average molecular weight is 302 g/mol. The number of nitrogens with two attached hydrogens (primary N) is 1. The van der Waals surface area contributed by atoms with Crippen molar-refractivity contribution in [1.82, 2.24) is 10.0 Å². The van der Waals surface area contributed by atoms with Gasteiger partial charge in [-0.25, -0.2) is 8.42 Å². The van der Waals surface area contributed by atoms with Gasteiger partial charge < -0.3 is 11.1 Å². The minimum atomic E-state index is -4.22. The normalized spacial score (nSPS) is 12.7. The molecule has 0 aliphatic carbocycles. The smallest absolute Gasteiger partial charge is 0.291 e. The number of nitrogens with zero attached hydrogens (tertiary/aromatic N) is 1. The Morgan fingerprint density at radius 2 is 2.05 bits per heavy atom. The van der Waals surface area contributed by atoms with Crippen molar-refractivity contribution in [1.29, 1.82) is 0 Å². The van der Waals surface area contributed by atoms with Gasteiger partial charge in [0.05, 0.1) is 11.0 Å². The molecular formula is C10H14N4O5S. The minimum absolute atomic E-state index is 0.0648. The van der Waals surface area contributed by atoms with Crippen LogP contribution in [0.25, 0.3) is 0 Å². The van der Waals surface area contributed by atoms with Crippen LogP contribution < -0.4 is 15.8 Å². The number of sulfonamides is 1. The Bertz CT molecular complexity index is 643. The molecule has 0 saturated heterocycles. The van der Waals surface area contributed by atoms with E-state index in [0.29, 0.717) is 0 Å². The monoisotopic (exact) mass is 302 g/mol. The zero-order valence-electron chi connectivity index (χ0n) is 10.8. The van der Waals surface area contributed by atoms with Crippen LogP contribution in [0.2, 0.25) is 0 Å². The molecule has 1 atom stereocenters. The first-order chi connectivity index (χ1) is 9.19. The lowest BCUT2D eigenvalue weighted by atomic mass is 10.3. The molecule has 0 radical (unpaired) electrons. The fourth-order valence-corrected chi connectivity index (χ4v) is 2.83. The predicted molar refractivity (Wildman–Crippen MR) is 71.4 cm³/mol. The summed E-state index contributed by atoms with van der Waals surface area (Å²) in [7, 11) is -2.87. The third kappa shape index (κ3) is 3.42. The van der Waals surface area contributed by atoms with Gasteiger partial charge in [-0.1, -0.05) is 0 Å². The van der Waals surface area contributed by atoms with Crippen molar-refractivity contribution in [3.63, 3.8) is 0 Å². The van der Waals surface area contributed by atoms with Gasteiger partial charge in [0.1, 0.15) is 0 Å². The number of nitro benzene ring substituents is 1. The molecule has 4 N–H and O–H groups in total. The molecule has 1 amide bonds. The second-order valence-electron chi connectivity index (χ2n) is 3.94. The van der Waals surface area contributed by atoms with Crippen LogP contribution in [-0.4, -0.2) is 32.3 Å². The summed E-state index contributed by atoms with van der Waals surface area (Å²) in [5, 5.41) is 13.1. The lowest BCUT2D eigenvalue weighted by Crippen LogP contribution is -2.43. The highest BCUT2D eigenvalue weighted by molar-refractivity contribution is 7.89. The topological polar surface area (TPSA) is 144 Å². The number of nitrogen functional groups attached to an aromatic ring is 1. The summed E-state index contributed by atoms with van der Waals surface area (Å²) in [6.07, 6.45) is 0. The number of likely N-dealkylation sites (N-methyl/N-ethyl adjacent to an activating group) is 1. The molecule has 0 aliphatic rings. The molecule has 1 unspecified atom stereocenters. The van der Waals surface area contributed by atoms with Crippen molar-refractivity contribution in [2.24, 2.45) is 0 Å². The number of benzene rings is 1. The molecule has 1 aromatic carbocycles. The van der Waals surface area contributed by atoms with Crippen molar-refractivity contribution in [3.05, 3.63) is 28.3 Å². The maximum atomic E-state index is 12.1. The summed E-state index contributed by atoms with van der Waals surface area (Å²) in [6.45, 7) is 1.32. The maximum absolute atomic E-state index is 12.1. The lowest BCUT2D eigenvalue weighted by molar-refractivity contribution is -0.387. The van der Waals surface area contributed by atoms with E-state index in [1.165, 1.54) is 20.0 Å². The third-order valence-electron chi connectivity index (χ3n) is 2.44. The van der Waals surface area contributed by atoms with Gasteiger partial charge in [0.15, 0.2) is 4.90 Å². The summed E-state index contributed by atoms with van der Waals surface area (Å²) in [5.41, 5.74) is 4.81. The Morgan fingerprint density at radius 3 is 2.55 bits per heavy atom. The SMILES string of the molecule is CNC(=O)C(C)NS(=O)(=O)c1ccc(N)cc1[N+](=O)[O-]. The van der Waals surface area contributed by atoms with Crippen molar-refractivity contribution in [3.8, 4) is 0 Å². The van der Waals surface area contributed by atoms with E-state index in [-0.39, 0.29) is 5.69 Å². The molecule has 0 saturated carbocycles. The Labute approximate surface area is 115 Å². The molecule has 0 heterocycles. The Hall–Kier alpha value is -2.20. The van der Waals surface area contributed by atoms with Crippen LogP contribution in [0.15, 0.2) is 23.1 Å². The number of nitro groups is 1. The zero-order chi connectivity index (χ0) is 15.5. The molecule has 0 spiro atoms. The van der Waals surface area contributed by atoms with Crippen LogP contribution in [0.5, 0.6) is 0 Å². The summed E-state index contributed by atoms with van der Waals surface area (Å²) < 4.78 is 26.2. The maximum Gasteiger partial charge on any atom is 0.291 e. The van der Waals surface area contributed by atoms with Gasteiger partial charge in [0, 0.05) is 18.8 Å². The van der Waals surface area contributed by atoms with Gasteiger partial charge in [0.25, 0.3) is 5.69 Å². The van der Waals surface area contributed by atoms with Crippen molar-refractivity contribution in [2.45, 2.75) is 17.9 Å². The standard InChI is InChI=1S/C10H14N4O5S/c1-6(10(15)12-2)13-20(18,19)9-4-3-7(11)5-8(9)14(16)17/h3-6,13H,11H2,1-2H3,(H,12,15). The molecule has 0 aromatic heterocycles. The molecular weight excluding hydrogens is 288 g/mol. The van der Waals surface area contributed by atoms with Gasteiger partial charge in [-0.05, 0) is 19.1 Å². The molecule has 110 valence electrons. The summed E-state index contributed by atoms with van der Waals surface area (Å²) in [6, 6.07) is 2.12. The number of anilines is 1. The zero-order valence-corrected chi connectivity index (χ0v) is 11.6. The van der Waals surface area contributed by atoms with E-state index in [1.54, 1.807) is 0 Å². The van der Waals surface area contributed by atoms with E-state index in [9.17, 15) is 23.3 Å². The van der Waals surface area contributed by atoms with E-state index in [2.05, 4.69) is 10.0 Å². The molecule has 0 bridgehead atoms. The lowest BCUT2D eigenvalue weighted by Gasteiger charge is -2.13. The predicted octanol–water partition coefficient (Wildman–Crippen LogP) is -0.410. The first kappa shape index (κ1) is 15.9. The summed E-state index contributed by atoms with van der Waals surface area (Å²) >= 11 is 0. The summed E-state index contributed by atoms with van der Waals surface area (Å²) in [4.78, 5) is 20.8. The number of carbonyl (C=O) groups excluding carboxylic acids is 1. The number of nitrogens with one attached hydrogen (secondary N) is 2. The molecule has 10 heteroatoms. The van der Waals surface area contributed by atoms with Crippen LogP contribution >= 0.6 is 0 Å². The Morgan fingerprint density at radius 1 is 1.45 bits per heavy atom. The fourth-order valence-electron chi connectivity index (χ4n) is 1.47. The molecule has 9 nitrogen and oxygen atoms in total. The highest BCUT2D eigenvalue weighted by atomic mass is 32.2. The van der Waals surface area contributed by atoms with Crippen LogP contribution in [0.1, 0.15) is 6.92 Å². The van der Waals surface area contributed by atoms with Gasteiger partial charge in [-0.15, -0.1) is 0 Å². The van der Waals surface area contributed by atoms with E-state index in [0.717, 1.165) is 12.1 Å².